The highest BCUT2D eigenvalue weighted by molar-refractivity contribution is 6.14. The Morgan fingerprint density at radius 3 is 2.35 bits per heavy atom. The number of ketones is 1. The van der Waals surface area contributed by atoms with Crippen molar-refractivity contribution < 1.29 is 20.1 Å². The molecule has 0 saturated heterocycles. The maximum atomic E-state index is 12.1. The Morgan fingerprint density at radius 2 is 1.65 bits per heavy atom. The van der Waals surface area contributed by atoms with Gasteiger partial charge in [-0.05, 0) is 17.2 Å². The van der Waals surface area contributed by atoms with Crippen LogP contribution in [-0.2, 0) is 6.42 Å². The number of rotatable bonds is 1. The SMILES string of the molecule is O=C1C=C(c2ccccc2)Cc2c(O)c(O)cc(O)c21. The number of carbonyl (C=O) groups is 1. The Labute approximate surface area is 115 Å². The second-order valence-corrected chi connectivity index (χ2v) is 4.69. The molecule has 0 radical (unpaired) electrons. The molecule has 1 aliphatic rings. The molecule has 0 bridgehead atoms. The molecular formula is C16H12O4. The first-order chi connectivity index (χ1) is 9.58. The van der Waals surface area contributed by atoms with Gasteiger partial charge >= 0.3 is 0 Å². The molecule has 4 nitrogen and oxygen atoms in total. The van der Waals surface area contributed by atoms with Gasteiger partial charge in [0.15, 0.2) is 17.3 Å². The van der Waals surface area contributed by atoms with E-state index >= 15 is 0 Å². The van der Waals surface area contributed by atoms with E-state index < -0.39 is 5.75 Å². The van der Waals surface area contributed by atoms with Gasteiger partial charge < -0.3 is 15.3 Å². The molecule has 0 atom stereocenters. The number of hydrogen-bond donors (Lipinski definition) is 3. The second-order valence-electron chi connectivity index (χ2n) is 4.69. The van der Waals surface area contributed by atoms with Crippen LogP contribution in [-0.4, -0.2) is 21.1 Å². The van der Waals surface area contributed by atoms with Gasteiger partial charge in [0.2, 0.25) is 0 Å². The predicted molar refractivity (Wildman–Crippen MR) is 73.9 cm³/mol. The summed E-state index contributed by atoms with van der Waals surface area (Å²) in [5.74, 6) is -1.47. The van der Waals surface area contributed by atoms with E-state index in [1.165, 1.54) is 6.08 Å². The molecule has 0 spiro atoms. The molecule has 0 heterocycles. The van der Waals surface area contributed by atoms with E-state index in [1.807, 2.05) is 30.3 Å². The fraction of sp³-hybridized carbons (Fsp3) is 0.0625. The summed E-state index contributed by atoms with van der Waals surface area (Å²) < 4.78 is 0. The van der Waals surface area contributed by atoms with Crippen molar-refractivity contribution in [2.45, 2.75) is 6.42 Å². The highest BCUT2D eigenvalue weighted by Gasteiger charge is 2.26. The maximum Gasteiger partial charge on any atom is 0.190 e. The molecule has 1 aliphatic carbocycles. The quantitative estimate of drug-likeness (QED) is 0.549. The topological polar surface area (TPSA) is 77.8 Å². The zero-order chi connectivity index (χ0) is 14.3. The Morgan fingerprint density at radius 1 is 0.950 bits per heavy atom. The molecule has 0 saturated carbocycles. The van der Waals surface area contributed by atoms with E-state index in [1.54, 1.807) is 0 Å². The average Bonchev–Trinajstić information content (AvgIpc) is 2.45. The van der Waals surface area contributed by atoms with Gasteiger partial charge in [-0.15, -0.1) is 0 Å². The lowest BCUT2D eigenvalue weighted by atomic mass is 9.86. The fourth-order valence-corrected chi connectivity index (χ4v) is 2.45. The first-order valence-corrected chi connectivity index (χ1v) is 6.15. The third-order valence-corrected chi connectivity index (χ3v) is 3.42. The smallest absolute Gasteiger partial charge is 0.190 e. The van der Waals surface area contributed by atoms with Crippen molar-refractivity contribution in [2.24, 2.45) is 0 Å². The minimum Gasteiger partial charge on any atom is -0.507 e. The molecular weight excluding hydrogens is 256 g/mol. The van der Waals surface area contributed by atoms with Crippen LogP contribution in [0.5, 0.6) is 17.2 Å². The number of fused-ring (bicyclic) bond motifs is 1. The zero-order valence-corrected chi connectivity index (χ0v) is 10.5. The van der Waals surface area contributed by atoms with Crippen molar-refractivity contribution >= 4 is 11.4 Å². The van der Waals surface area contributed by atoms with Crippen LogP contribution in [0.4, 0.5) is 0 Å². The first kappa shape index (κ1) is 12.3. The van der Waals surface area contributed by atoms with Gasteiger partial charge in [0.05, 0.1) is 5.56 Å². The maximum absolute atomic E-state index is 12.1. The summed E-state index contributed by atoms with van der Waals surface area (Å²) in [4.78, 5) is 12.1. The van der Waals surface area contributed by atoms with Crippen molar-refractivity contribution in [1.82, 2.24) is 0 Å². The first-order valence-electron chi connectivity index (χ1n) is 6.15. The lowest BCUT2D eigenvalue weighted by molar-refractivity contribution is 0.104. The third-order valence-electron chi connectivity index (χ3n) is 3.42. The molecule has 2 aromatic rings. The molecule has 0 aliphatic heterocycles. The molecule has 3 N–H and O–H groups in total. The summed E-state index contributed by atoms with van der Waals surface area (Å²) in [5.41, 5.74) is 1.92. The van der Waals surface area contributed by atoms with Gasteiger partial charge in [-0.2, -0.15) is 0 Å². The molecule has 20 heavy (non-hydrogen) atoms. The number of carbonyl (C=O) groups excluding carboxylic acids is 1. The highest BCUT2D eigenvalue weighted by Crippen LogP contribution is 2.42. The molecule has 2 aromatic carbocycles. The minimum absolute atomic E-state index is 0.0555. The lowest BCUT2D eigenvalue weighted by Gasteiger charge is -2.19. The molecule has 0 amide bonds. The number of hydrogen-bond acceptors (Lipinski definition) is 4. The molecule has 3 rings (SSSR count). The van der Waals surface area contributed by atoms with Gasteiger partial charge in [-0.3, -0.25) is 4.79 Å². The Hall–Kier alpha value is -2.75. The number of aromatic hydroxyl groups is 3. The molecule has 100 valence electrons. The number of allylic oxidation sites excluding steroid dienone is 2. The normalized spacial score (nSPS) is 13.8. The summed E-state index contributed by atoms with van der Waals surface area (Å²) in [6, 6.07) is 10.3. The van der Waals surface area contributed by atoms with Crippen LogP contribution in [0.25, 0.3) is 5.57 Å². The van der Waals surface area contributed by atoms with Crippen molar-refractivity contribution in [3.63, 3.8) is 0 Å². The number of phenols is 3. The van der Waals surface area contributed by atoms with Crippen molar-refractivity contribution in [3.05, 3.63) is 59.2 Å². The van der Waals surface area contributed by atoms with Crippen LogP contribution < -0.4 is 0 Å². The van der Waals surface area contributed by atoms with Crippen LogP contribution in [0, 0.1) is 0 Å². The van der Waals surface area contributed by atoms with E-state index in [0.717, 1.165) is 17.2 Å². The summed E-state index contributed by atoms with van der Waals surface area (Å²) in [6.07, 6.45) is 1.73. The molecule has 0 fully saturated rings. The minimum atomic E-state index is -0.427. The molecule has 4 heteroatoms. The van der Waals surface area contributed by atoms with Crippen LogP contribution in [0.3, 0.4) is 0 Å². The van der Waals surface area contributed by atoms with Gasteiger partial charge in [0.1, 0.15) is 5.75 Å². The van der Waals surface area contributed by atoms with E-state index in [4.69, 9.17) is 0 Å². The number of phenolic OH excluding ortho intramolecular Hbond substituents is 3. The second kappa shape index (κ2) is 4.42. The molecule has 0 unspecified atom stereocenters. The summed E-state index contributed by atoms with van der Waals surface area (Å²) in [7, 11) is 0. The van der Waals surface area contributed by atoms with Crippen molar-refractivity contribution in [2.75, 3.05) is 0 Å². The summed E-state index contributed by atoms with van der Waals surface area (Å²) in [6.45, 7) is 0. The van der Waals surface area contributed by atoms with Crippen LogP contribution in [0.2, 0.25) is 0 Å². The van der Waals surface area contributed by atoms with Crippen LogP contribution in [0.1, 0.15) is 21.5 Å². The summed E-state index contributed by atoms with van der Waals surface area (Å²) in [5, 5.41) is 29.2. The lowest BCUT2D eigenvalue weighted by Crippen LogP contribution is -2.10. The predicted octanol–water partition coefficient (Wildman–Crippen LogP) is 2.63. The Kier molecular flexibility index (Phi) is 2.71. The van der Waals surface area contributed by atoms with E-state index in [-0.39, 0.29) is 34.8 Å². The Balaban J connectivity index is 2.15. The van der Waals surface area contributed by atoms with Gasteiger partial charge in [0, 0.05) is 18.1 Å². The van der Waals surface area contributed by atoms with Gasteiger partial charge in [-0.25, -0.2) is 0 Å². The third kappa shape index (κ3) is 1.82. The highest BCUT2D eigenvalue weighted by atomic mass is 16.3. The van der Waals surface area contributed by atoms with E-state index in [2.05, 4.69) is 0 Å². The summed E-state index contributed by atoms with van der Waals surface area (Å²) >= 11 is 0. The van der Waals surface area contributed by atoms with Gasteiger partial charge in [0.25, 0.3) is 0 Å². The van der Waals surface area contributed by atoms with Crippen LogP contribution in [0.15, 0.2) is 42.5 Å². The number of benzene rings is 2. The monoisotopic (exact) mass is 268 g/mol. The van der Waals surface area contributed by atoms with Crippen LogP contribution >= 0.6 is 0 Å². The molecule has 0 aromatic heterocycles. The average molecular weight is 268 g/mol. The standard InChI is InChI=1S/C16H12O4/c17-12-7-10(9-4-2-1-3-5-9)6-11-15(12)13(18)8-14(19)16(11)20/h1-5,7-8,18-20H,6H2. The fourth-order valence-electron chi connectivity index (χ4n) is 2.45. The Bertz CT molecular complexity index is 730. The zero-order valence-electron chi connectivity index (χ0n) is 10.5. The van der Waals surface area contributed by atoms with Crippen molar-refractivity contribution in [3.8, 4) is 17.2 Å². The van der Waals surface area contributed by atoms with E-state index in [0.29, 0.717) is 0 Å². The van der Waals surface area contributed by atoms with Crippen molar-refractivity contribution in [1.29, 1.82) is 0 Å². The van der Waals surface area contributed by atoms with E-state index in [9.17, 15) is 20.1 Å². The largest absolute Gasteiger partial charge is 0.507 e. The van der Waals surface area contributed by atoms with Gasteiger partial charge in [-0.1, -0.05) is 30.3 Å².